The fraction of sp³-hybridized carbons (Fsp3) is 0.929. The number of hydrogen-bond donors (Lipinski definition) is 0. The highest BCUT2D eigenvalue weighted by Crippen LogP contribution is 2.12. The lowest BCUT2D eigenvalue weighted by atomic mass is 10.0. The van der Waals surface area contributed by atoms with Gasteiger partial charge in [0.2, 0.25) is 0 Å². The number of halogens is 1. The first-order chi connectivity index (χ1) is 8.13. The number of hydrogen-bond acceptors (Lipinski definition) is 2. The Bertz CT molecular complexity index is 181. The molecule has 0 unspecified atom stereocenters. The molecule has 0 heterocycles. The molecule has 0 atom stereocenters. The monoisotopic (exact) mass is 262 g/mol. The Balaban J connectivity index is 2.96. The van der Waals surface area contributed by atoms with Gasteiger partial charge >= 0.3 is 5.43 Å². The molecule has 0 spiro atoms. The fourth-order valence-corrected chi connectivity index (χ4v) is 1.94. The topological polar surface area (TPSA) is 26.3 Å². The second kappa shape index (κ2) is 12.2. The lowest BCUT2D eigenvalue weighted by Gasteiger charge is -2.04. The minimum absolute atomic E-state index is 0.469. The van der Waals surface area contributed by atoms with Gasteiger partial charge in [0.05, 0.1) is 6.61 Å². The van der Waals surface area contributed by atoms with Gasteiger partial charge in [-0.2, -0.15) is 0 Å². The summed E-state index contributed by atoms with van der Waals surface area (Å²) in [6.07, 6.45) is 11.4. The van der Waals surface area contributed by atoms with Crippen molar-refractivity contribution in [1.29, 1.82) is 0 Å². The summed E-state index contributed by atoms with van der Waals surface area (Å²) in [5.41, 5.74) is -0.685. The summed E-state index contributed by atoms with van der Waals surface area (Å²) in [7, 11) is 0. The Kier molecular flexibility index (Phi) is 12.1. The van der Waals surface area contributed by atoms with Gasteiger partial charge in [-0.1, -0.05) is 65.2 Å². The number of carbonyl (C=O) groups excluding carboxylic acids is 1. The van der Waals surface area contributed by atoms with Crippen LogP contribution in [0.4, 0.5) is 4.79 Å². The predicted octanol–water partition coefficient (Wildman–Crippen LogP) is 5.53. The largest absolute Gasteiger partial charge is 0.454 e. The van der Waals surface area contributed by atoms with Crippen LogP contribution in [0.25, 0.3) is 0 Å². The minimum Gasteiger partial charge on any atom is -0.454 e. The minimum atomic E-state index is -0.685. The number of carbonyl (C=O) groups is 1. The number of ether oxygens (including phenoxy) is 1. The summed E-state index contributed by atoms with van der Waals surface area (Å²) >= 11 is 5.05. The highest BCUT2D eigenvalue weighted by Gasteiger charge is 1.96. The van der Waals surface area contributed by atoms with E-state index in [0.29, 0.717) is 6.61 Å². The maximum absolute atomic E-state index is 10.3. The van der Waals surface area contributed by atoms with E-state index < -0.39 is 5.43 Å². The summed E-state index contributed by atoms with van der Waals surface area (Å²) in [5.74, 6) is 0.847. The van der Waals surface area contributed by atoms with Gasteiger partial charge in [0.25, 0.3) is 0 Å². The van der Waals surface area contributed by atoms with Gasteiger partial charge in [-0.3, -0.25) is 0 Å². The van der Waals surface area contributed by atoms with E-state index in [0.717, 1.165) is 18.8 Å². The normalized spacial score (nSPS) is 10.8. The molecular weight excluding hydrogens is 236 g/mol. The molecule has 0 aliphatic rings. The second-order valence-corrected chi connectivity index (χ2v) is 5.41. The standard InChI is InChI=1S/C14H27ClO2/c1-13(2)11-9-7-5-3-4-6-8-10-12-17-14(15)16/h13H,3-12H2,1-2H3. The molecule has 0 radical (unpaired) electrons. The van der Waals surface area contributed by atoms with E-state index in [1.807, 2.05) is 0 Å². The smallest absolute Gasteiger partial charge is 0.403 e. The fourth-order valence-electron chi connectivity index (χ4n) is 1.87. The Hall–Kier alpha value is -0.240. The Labute approximate surface area is 111 Å². The molecule has 0 rings (SSSR count). The van der Waals surface area contributed by atoms with Crippen LogP contribution in [0.15, 0.2) is 0 Å². The van der Waals surface area contributed by atoms with E-state index in [4.69, 9.17) is 11.6 Å². The van der Waals surface area contributed by atoms with Crippen LogP contribution in [0.2, 0.25) is 0 Å². The summed E-state index contributed by atoms with van der Waals surface area (Å²) < 4.78 is 4.65. The maximum Gasteiger partial charge on any atom is 0.403 e. The van der Waals surface area contributed by atoms with E-state index in [1.54, 1.807) is 0 Å². The summed E-state index contributed by atoms with van der Waals surface area (Å²) in [6, 6.07) is 0. The first kappa shape index (κ1) is 16.8. The molecule has 0 fully saturated rings. The van der Waals surface area contributed by atoms with E-state index >= 15 is 0 Å². The molecule has 102 valence electrons. The van der Waals surface area contributed by atoms with Crippen LogP contribution >= 0.6 is 11.6 Å². The van der Waals surface area contributed by atoms with Crippen molar-refractivity contribution in [2.24, 2.45) is 5.92 Å². The third-order valence-corrected chi connectivity index (χ3v) is 3.00. The first-order valence-electron chi connectivity index (χ1n) is 6.95. The van der Waals surface area contributed by atoms with Crippen molar-refractivity contribution in [1.82, 2.24) is 0 Å². The molecule has 0 amide bonds. The molecule has 0 aromatic carbocycles. The molecule has 0 aliphatic carbocycles. The lowest BCUT2D eigenvalue weighted by Crippen LogP contribution is -1.96. The predicted molar refractivity (Wildman–Crippen MR) is 73.6 cm³/mol. The molecular formula is C14H27ClO2. The number of rotatable bonds is 11. The van der Waals surface area contributed by atoms with Crippen molar-refractivity contribution in [2.45, 2.75) is 71.6 Å². The van der Waals surface area contributed by atoms with Crippen LogP contribution in [0.3, 0.4) is 0 Å². The van der Waals surface area contributed by atoms with Crippen LogP contribution in [0, 0.1) is 5.92 Å². The van der Waals surface area contributed by atoms with Gasteiger partial charge in [0.1, 0.15) is 0 Å². The van der Waals surface area contributed by atoms with E-state index in [-0.39, 0.29) is 0 Å². The highest BCUT2D eigenvalue weighted by molar-refractivity contribution is 6.61. The highest BCUT2D eigenvalue weighted by atomic mass is 35.5. The Morgan fingerprint density at radius 2 is 1.41 bits per heavy atom. The summed E-state index contributed by atoms with van der Waals surface area (Å²) in [6.45, 7) is 5.04. The van der Waals surface area contributed by atoms with Gasteiger partial charge in [0.15, 0.2) is 0 Å². The van der Waals surface area contributed by atoms with Crippen LogP contribution in [0.1, 0.15) is 71.6 Å². The van der Waals surface area contributed by atoms with Crippen molar-refractivity contribution in [3.63, 3.8) is 0 Å². The molecule has 0 aromatic rings. The van der Waals surface area contributed by atoms with Gasteiger partial charge in [-0.05, 0) is 12.3 Å². The molecule has 0 saturated carbocycles. The molecule has 17 heavy (non-hydrogen) atoms. The van der Waals surface area contributed by atoms with Crippen molar-refractivity contribution >= 4 is 17.0 Å². The van der Waals surface area contributed by atoms with Gasteiger partial charge in [0, 0.05) is 11.6 Å². The van der Waals surface area contributed by atoms with Crippen molar-refractivity contribution in [3.8, 4) is 0 Å². The van der Waals surface area contributed by atoms with Crippen molar-refractivity contribution in [3.05, 3.63) is 0 Å². The average molecular weight is 263 g/mol. The lowest BCUT2D eigenvalue weighted by molar-refractivity contribution is 0.170. The Morgan fingerprint density at radius 1 is 0.941 bits per heavy atom. The third-order valence-electron chi connectivity index (χ3n) is 2.89. The first-order valence-corrected chi connectivity index (χ1v) is 7.33. The molecule has 0 saturated heterocycles. The van der Waals surface area contributed by atoms with Crippen molar-refractivity contribution < 1.29 is 9.53 Å². The zero-order chi connectivity index (χ0) is 12.9. The van der Waals surface area contributed by atoms with Gasteiger partial charge < -0.3 is 4.74 Å². The van der Waals surface area contributed by atoms with Crippen molar-refractivity contribution in [2.75, 3.05) is 6.61 Å². The molecule has 0 bridgehead atoms. The van der Waals surface area contributed by atoms with E-state index in [1.165, 1.54) is 44.9 Å². The van der Waals surface area contributed by atoms with Crippen LogP contribution in [-0.2, 0) is 4.74 Å². The zero-order valence-electron chi connectivity index (χ0n) is 11.3. The molecule has 2 nitrogen and oxygen atoms in total. The molecule has 0 N–H and O–H groups in total. The van der Waals surface area contributed by atoms with E-state index in [9.17, 15) is 4.79 Å². The van der Waals surface area contributed by atoms with Crippen LogP contribution in [0.5, 0.6) is 0 Å². The van der Waals surface area contributed by atoms with E-state index in [2.05, 4.69) is 18.6 Å². The zero-order valence-corrected chi connectivity index (χ0v) is 12.1. The Morgan fingerprint density at radius 3 is 1.88 bits per heavy atom. The molecule has 3 heteroatoms. The maximum atomic E-state index is 10.3. The van der Waals surface area contributed by atoms with Crippen LogP contribution in [-0.4, -0.2) is 12.0 Å². The average Bonchev–Trinajstić information content (AvgIpc) is 2.25. The summed E-state index contributed by atoms with van der Waals surface area (Å²) in [4.78, 5) is 10.3. The second-order valence-electron chi connectivity index (χ2n) is 5.10. The SMILES string of the molecule is CC(C)CCCCCCCCCCOC(=O)Cl. The van der Waals surface area contributed by atoms with Crippen LogP contribution < -0.4 is 0 Å². The third kappa shape index (κ3) is 15.8. The number of unbranched alkanes of at least 4 members (excludes halogenated alkanes) is 7. The quantitative estimate of drug-likeness (QED) is 0.362. The van der Waals surface area contributed by atoms with Gasteiger partial charge in [-0.15, -0.1) is 0 Å². The molecule has 0 aromatic heterocycles. The summed E-state index contributed by atoms with van der Waals surface area (Å²) in [5, 5.41) is 0. The van der Waals surface area contributed by atoms with Gasteiger partial charge in [-0.25, -0.2) is 4.79 Å². The molecule has 0 aliphatic heterocycles.